The lowest BCUT2D eigenvalue weighted by atomic mass is 9.79. The molecule has 0 bridgehead atoms. The highest BCUT2D eigenvalue weighted by molar-refractivity contribution is 6.24. The molecule has 1 N–H and O–H groups in total. The Morgan fingerprint density at radius 1 is 0.452 bits per heavy atom. The quantitative estimate of drug-likeness (QED) is 0.169. The van der Waals surface area contributed by atoms with Gasteiger partial charge in [-0.05, 0) is 115 Å². The number of phenols is 1. The summed E-state index contributed by atoms with van der Waals surface area (Å²) in [6.07, 6.45) is 1.91. The number of imidazole rings is 1. The first kappa shape index (κ1) is 45.8. The van der Waals surface area contributed by atoms with E-state index in [4.69, 9.17) is 14.4 Å². The van der Waals surface area contributed by atoms with Crippen LogP contribution in [0.3, 0.4) is 0 Å². The first-order chi connectivity index (χ1) is 35.0. The van der Waals surface area contributed by atoms with Crippen LogP contribution in [0.5, 0.6) is 5.75 Å². The van der Waals surface area contributed by atoms with Crippen LogP contribution in [0.4, 0.5) is 0 Å². The van der Waals surface area contributed by atoms with E-state index in [-0.39, 0.29) is 22.0 Å². The zero-order chi connectivity index (χ0) is 50.6. The highest BCUT2D eigenvalue weighted by Crippen LogP contribution is 2.48. The van der Waals surface area contributed by atoms with Gasteiger partial charge in [-0.3, -0.25) is 9.55 Å². The molecule has 12 aromatic rings. The first-order valence-corrected chi connectivity index (χ1v) is 25.4. The van der Waals surface area contributed by atoms with Crippen LogP contribution in [0.25, 0.3) is 116 Å². The van der Waals surface area contributed by atoms with Crippen LogP contribution in [0.1, 0.15) is 79.0 Å². The van der Waals surface area contributed by atoms with Gasteiger partial charge in [0.1, 0.15) is 22.7 Å². The molecule has 358 valence electrons. The van der Waals surface area contributed by atoms with Crippen molar-refractivity contribution in [3.05, 3.63) is 205 Å². The molecule has 0 aliphatic carbocycles. The van der Waals surface area contributed by atoms with Crippen molar-refractivity contribution in [1.82, 2.24) is 14.5 Å². The Bertz CT molecular complexity index is 4140. The van der Waals surface area contributed by atoms with Gasteiger partial charge in [0.05, 0.1) is 28.0 Å². The molecule has 0 spiro atoms. The van der Waals surface area contributed by atoms with Gasteiger partial charge < -0.3 is 9.52 Å². The monoisotopic (exact) mass is 949 g/mol. The average molecular weight is 950 g/mol. The fourth-order valence-electron chi connectivity index (χ4n) is 10.8. The van der Waals surface area contributed by atoms with Crippen molar-refractivity contribution in [2.24, 2.45) is 0 Å². The van der Waals surface area contributed by atoms with E-state index in [2.05, 4.69) is 243 Å². The van der Waals surface area contributed by atoms with Gasteiger partial charge >= 0.3 is 0 Å². The number of aromatic nitrogens is 3. The highest BCUT2D eigenvalue weighted by Gasteiger charge is 2.30. The predicted octanol–water partition coefficient (Wildman–Crippen LogP) is 18.6. The lowest BCUT2D eigenvalue weighted by Gasteiger charge is -2.28. The lowest BCUT2D eigenvalue weighted by molar-refractivity contribution is 0.446. The Balaban J connectivity index is 1.22. The smallest absolute Gasteiger partial charge is 0.149 e. The molecule has 0 amide bonds. The van der Waals surface area contributed by atoms with E-state index in [9.17, 15) is 5.11 Å². The van der Waals surface area contributed by atoms with Crippen molar-refractivity contribution in [3.8, 4) is 67.5 Å². The Morgan fingerprint density at radius 2 is 1.14 bits per heavy atom. The summed E-state index contributed by atoms with van der Waals surface area (Å²) in [6.45, 7) is 20.0. The van der Waals surface area contributed by atoms with Crippen molar-refractivity contribution in [1.29, 1.82) is 0 Å². The Labute approximate surface area is 427 Å². The van der Waals surface area contributed by atoms with Crippen molar-refractivity contribution in [2.75, 3.05) is 0 Å². The summed E-state index contributed by atoms with van der Waals surface area (Å²) < 4.78 is 9.63. The molecule has 5 nitrogen and oxygen atoms in total. The molecule has 9 aromatic carbocycles. The highest BCUT2D eigenvalue weighted by atomic mass is 16.3. The Kier molecular flexibility index (Phi) is 10.6. The number of hydrogen-bond donors (Lipinski definition) is 1. The molecular weight excluding hydrogens is 891 g/mol. The average Bonchev–Trinajstić information content (AvgIpc) is 3.97. The largest absolute Gasteiger partial charge is 0.507 e. The van der Waals surface area contributed by atoms with Crippen LogP contribution in [-0.4, -0.2) is 19.6 Å². The zero-order valence-electron chi connectivity index (χ0n) is 43.1. The number of pyridine rings is 1. The van der Waals surface area contributed by atoms with Crippen molar-refractivity contribution in [3.63, 3.8) is 0 Å². The minimum absolute atomic E-state index is 0.105. The second-order valence-electron chi connectivity index (χ2n) is 22.8. The van der Waals surface area contributed by atoms with E-state index in [1.54, 1.807) is 0 Å². The molecular formula is C68H59N3O2. The van der Waals surface area contributed by atoms with Gasteiger partial charge in [0.15, 0.2) is 0 Å². The normalized spacial score (nSPS) is 12.5. The number of para-hydroxylation sites is 1. The summed E-state index contributed by atoms with van der Waals surface area (Å²) in [4.78, 5) is 10.8. The molecule has 73 heavy (non-hydrogen) atoms. The van der Waals surface area contributed by atoms with E-state index < -0.39 is 0 Å². The zero-order valence-corrected chi connectivity index (χ0v) is 43.1. The van der Waals surface area contributed by atoms with Gasteiger partial charge in [-0.25, -0.2) is 4.98 Å². The second-order valence-corrected chi connectivity index (χ2v) is 22.8. The van der Waals surface area contributed by atoms with E-state index >= 15 is 0 Å². The minimum Gasteiger partial charge on any atom is -0.507 e. The first-order valence-electron chi connectivity index (χ1n) is 25.4. The maximum atomic E-state index is 12.8. The van der Waals surface area contributed by atoms with Gasteiger partial charge in [0, 0.05) is 50.2 Å². The third kappa shape index (κ3) is 7.86. The summed E-state index contributed by atoms with van der Waals surface area (Å²) in [5, 5.41) is 19.3. The maximum absolute atomic E-state index is 12.8. The molecule has 0 unspecified atom stereocenters. The molecule has 12 rings (SSSR count). The fraction of sp³-hybridized carbons (Fsp3) is 0.176. The molecule has 0 aliphatic rings. The minimum atomic E-state index is -0.361. The summed E-state index contributed by atoms with van der Waals surface area (Å²) >= 11 is 0. The summed E-state index contributed by atoms with van der Waals surface area (Å²) in [7, 11) is 0. The number of nitrogens with zero attached hydrogens (tertiary/aromatic N) is 3. The summed E-state index contributed by atoms with van der Waals surface area (Å²) in [6, 6.07) is 64.8. The molecule has 0 aliphatic heterocycles. The molecule has 0 atom stereocenters. The molecule has 0 saturated heterocycles. The molecule has 0 fully saturated rings. The van der Waals surface area contributed by atoms with Crippen molar-refractivity contribution < 1.29 is 9.52 Å². The van der Waals surface area contributed by atoms with Crippen molar-refractivity contribution >= 4 is 54.5 Å². The number of aromatic hydroxyl groups is 1. The number of fused-ring (bicyclic) bond motifs is 8. The van der Waals surface area contributed by atoms with Crippen LogP contribution in [0.2, 0.25) is 0 Å². The van der Waals surface area contributed by atoms with Gasteiger partial charge in [0.2, 0.25) is 0 Å². The SMILES string of the molecule is CC(C)(C)c1ccc(-n2c(-c3cc(C(C)(C)C)cc(C(C)(C)C)c3O)nc3c(-c4cc(-c5cc(-c6ccccc6)ccn5)cc5c4oc4c5ccc5ccc6ccccc6c54)cccc32)c(-c2ccccc2)c1. The van der Waals surface area contributed by atoms with Gasteiger partial charge in [-0.15, -0.1) is 0 Å². The molecule has 5 heteroatoms. The Morgan fingerprint density at radius 3 is 1.88 bits per heavy atom. The number of furan rings is 1. The predicted molar refractivity (Wildman–Crippen MR) is 306 cm³/mol. The van der Waals surface area contributed by atoms with Crippen LogP contribution in [-0.2, 0) is 16.2 Å². The molecule has 3 heterocycles. The molecule has 0 radical (unpaired) electrons. The van der Waals surface area contributed by atoms with E-state index in [0.717, 1.165) is 116 Å². The van der Waals surface area contributed by atoms with Crippen LogP contribution in [0.15, 0.2) is 193 Å². The molecule has 0 saturated carbocycles. The number of phenolic OH excluding ortho intramolecular Hbond substituents is 1. The fourth-order valence-corrected chi connectivity index (χ4v) is 10.8. The van der Waals surface area contributed by atoms with Gasteiger partial charge in [-0.1, -0.05) is 190 Å². The summed E-state index contributed by atoms with van der Waals surface area (Å²) in [5.41, 5.74) is 15.5. The van der Waals surface area contributed by atoms with Crippen LogP contribution in [0, 0.1) is 0 Å². The molecule has 3 aromatic heterocycles. The van der Waals surface area contributed by atoms with Crippen LogP contribution < -0.4 is 0 Å². The third-order valence-electron chi connectivity index (χ3n) is 14.8. The number of benzene rings is 9. The maximum Gasteiger partial charge on any atom is 0.149 e. The number of hydrogen-bond acceptors (Lipinski definition) is 4. The number of rotatable bonds is 6. The van der Waals surface area contributed by atoms with E-state index in [1.807, 2.05) is 12.3 Å². The van der Waals surface area contributed by atoms with E-state index in [1.165, 1.54) is 5.56 Å². The standard InChI is InChI=1S/C68H59N3O2/c1-66(2,3)47-30-32-58(52(38-47)42-21-14-11-15-22-42)71-59-26-18-25-50(61(59)70-65(71)55-39-48(67(4,5)6)40-56(62(55)72)68(7,8)9)53-35-46(57-37-45(33-34-69-57)41-19-12-10-13-20-41)36-54-51-31-29-44-28-27-43-23-16-17-24-49(43)60(44)64(51)73-63(53)54/h10-40,72H,1-9H3. The van der Waals surface area contributed by atoms with Gasteiger partial charge in [0.25, 0.3) is 0 Å². The van der Waals surface area contributed by atoms with Crippen LogP contribution >= 0.6 is 0 Å². The topological polar surface area (TPSA) is 64.1 Å². The Hall–Kier alpha value is -8.28. The third-order valence-corrected chi connectivity index (χ3v) is 14.8. The van der Waals surface area contributed by atoms with E-state index in [0.29, 0.717) is 11.4 Å². The van der Waals surface area contributed by atoms with Crippen molar-refractivity contribution in [2.45, 2.75) is 78.6 Å². The van der Waals surface area contributed by atoms with Gasteiger partial charge in [-0.2, -0.15) is 0 Å². The lowest BCUT2D eigenvalue weighted by Crippen LogP contribution is -2.17. The summed E-state index contributed by atoms with van der Waals surface area (Å²) in [5.74, 6) is 0.889. The second kappa shape index (κ2) is 16.9.